The van der Waals surface area contributed by atoms with Gasteiger partial charge in [0.25, 0.3) is 0 Å². The summed E-state index contributed by atoms with van der Waals surface area (Å²) in [5.41, 5.74) is 1.46. The lowest BCUT2D eigenvalue weighted by molar-refractivity contribution is 0.530. The molecule has 1 rings (SSSR count). The summed E-state index contributed by atoms with van der Waals surface area (Å²) < 4.78 is 2.23. The zero-order valence-electron chi connectivity index (χ0n) is 9.59. The average molecular weight is 194 g/mol. The Bertz CT molecular complexity index is 253. The van der Waals surface area contributed by atoms with Crippen molar-refractivity contribution in [3.05, 3.63) is 24.0 Å². The number of nitrogens with zero attached hydrogens (tertiary/aromatic N) is 1. The quantitative estimate of drug-likeness (QED) is 0.736. The van der Waals surface area contributed by atoms with E-state index in [-0.39, 0.29) is 0 Å². The summed E-state index contributed by atoms with van der Waals surface area (Å²) in [6, 6.07) is 2.85. The molecular weight excluding hydrogens is 172 g/mol. The van der Waals surface area contributed by atoms with Gasteiger partial charge in [0.15, 0.2) is 0 Å². The Balaban J connectivity index is 2.30. The smallest absolute Gasteiger partial charge is 0.0191 e. The molecule has 0 aliphatic rings. The van der Waals surface area contributed by atoms with Crippen LogP contribution in [0.3, 0.4) is 0 Å². The second-order valence-electron chi connectivity index (χ2n) is 3.85. The maximum atomic E-state index is 3.43. The third-order valence-corrected chi connectivity index (χ3v) is 2.60. The molecule has 0 amide bonds. The molecule has 0 aliphatic heterocycles. The number of aryl methyl sites for hydroxylation is 2. The molecule has 2 heteroatoms. The minimum absolute atomic E-state index is 0.630. The van der Waals surface area contributed by atoms with E-state index < -0.39 is 0 Å². The van der Waals surface area contributed by atoms with Gasteiger partial charge in [-0.15, -0.1) is 0 Å². The van der Waals surface area contributed by atoms with Crippen LogP contribution in [0.1, 0.15) is 32.8 Å². The zero-order valence-corrected chi connectivity index (χ0v) is 9.59. The van der Waals surface area contributed by atoms with Crippen LogP contribution in [0, 0.1) is 0 Å². The average Bonchev–Trinajstić information content (AvgIpc) is 2.63. The third-order valence-electron chi connectivity index (χ3n) is 2.60. The van der Waals surface area contributed by atoms with Crippen LogP contribution in [0.2, 0.25) is 0 Å². The Morgan fingerprint density at radius 2 is 2.21 bits per heavy atom. The fourth-order valence-electron chi connectivity index (χ4n) is 1.67. The lowest BCUT2D eigenvalue weighted by atomic mass is 10.1. The summed E-state index contributed by atoms with van der Waals surface area (Å²) in [5.74, 6) is 0. The Kier molecular flexibility index (Phi) is 4.74. The van der Waals surface area contributed by atoms with Crippen LogP contribution >= 0.6 is 0 Å². The topological polar surface area (TPSA) is 17.0 Å². The van der Waals surface area contributed by atoms with Crippen molar-refractivity contribution < 1.29 is 0 Å². The number of hydrogen-bond donors (Lipinski definition) is 1. The van der Waals surface area contributed by atoms with Crippen molar-refractivity contribution in [1.82, 2.24) is 9.88 Å². The predicted octanol–water partition coefficient (Wildman–Crippen LogP) is 2.44. The highest BCUT2D eigenvalue weighted by atomic mass is 14.9. The molecule has 1 atom stereocenters. The molecule has 1 unspecified atom stereocenters. The summed E-state index contributed by atoms with van der Waals surface area (Å²) in [6.07, 6.45) is 6.81. The number of hydrogen-bond acceptors (Lipinski definition) is 1. The highest BCUT2D eigenvalue weighted by molar-refractivity contribution is 5.10. The van der Waals surface area contributed by atoms with Crippen LogP contribution in [0.4, 0.5) is 0 Å². The molecule has 0 bridgehead atoms. The lowest BCUT2D eigenvalue weighted by Gasteiger charge is -2.10. The summed E-state index contributed by atoms with van der Waals surface area (Å²) in [4.78, 5) is 0. The van der Waals surface area contributed by atoms with Gasteiger partial charge in [0.2, 0.25) is 0 Å². The summed E-state index contributed by atoms with van der Waals surface area (Å²) in [6.45, 7) is 8.72. The number of nitrogens with one attached hydrogen (secondary N) is 1. The normalized spacial score (nSPS) is 13.1. The first-order valence-electron chi connectivity index (χ1n) is 5.64. The van der Waals surface area contributed by atoms with E-state index in [9.17, 15) is 0 Å². The van der Waals surface area contributed by atoms with E-state index in [0.29, 0.717) is 6.04 Å². The van der Waals surface area contributed by atoms with Crippen molar-refractivity contribution in [3.8, 4) is 0 Å². The van der Waals surface area contributed by atoms with Gasteiger partial charge in [0.1, 0.15) is 0 Å². The van der Waals surface area contributed by atoms with E-state index >= 15 is 0 Å². The minimum Gasteiger partial charge on any atom is -0.354 e. The number of aromatic nitrogens is 1. The standard InChI is InChI=1S/C12H22N2/c1-4-13-11(3)6-7-12-8-9-14(5-2)10-12/h8-11,13H,4-7H2,1-3H3. The summed E-state index contributed by atoms with van der Waals surface area (Å²) in [5, 5.41) is 3.43. The molecule has 1 aromatic heterocycles. The van der Waals surface area contributed by atoms with E-state index in [1.54, 1.807) is 0 Å². The Morgan fingerprint density at radius 3 is 2.79 bits per heavy atom. The van der Waals surface area contributed by atoms with Crippen molar-refractivity contribution >= 4 is 0 Å². The maximum absolute atomic E-state index is 3.43. The fourth-order valence-corrected chi connectivity index (χ4v) is 1.67. The molecule has 0 spiro atoms. The molecule has 14 heavy (non-hydrogen) atoms. The van der Waals surface area contributed by atoms with Crippen LogP contribution in [0.25, 0.3) is 0 Å². The van der Waals surface area contributed by atoms with E-state index in [2.05, 4.69) is 49.1 Å². The van der Waals surface area contributed by atoms with Crippen molar-refractivity contribution in [3.63, 3.8) is 0 Å². The monoisotopic (exact) mass is 194 g/mol. The van der Waals surface area contributed by atoms with E-state index in [1.807, 2.05) is 0 Å². The first-order chi connectivity index (χ1) is 6.76. The molecule has 0 saturated heterocycles. The maximum Gasteiger partial charge on any atom is 0.0191 e. The van der Waals surface area contributed by atoms with Crippen LogP contribution in [0.5, 0.6) is 0 Å². The molecule has 0 aliphatic carbocycles. The van der Waals surface area contributed by atoms with Crippen LogP contribution in [-0.2, 0) is 13.0 Å². The van der Waals surface area contributed by atoms with Crippen molar-refractivity contribution in [1.29, 1.82) is 0 Å². The minimum atomic E-state index is 0.630. The van der Waals surface area contributed by atoms with Gasteiger partial charge in [0, 0.05) is 25.0 Å². The molecular formula is C12H22N2. The van der Waals surface area contributed by atoms with E-state index in [0.717, 1.165) is 13.1 Å². The predicted molar refractivity (Wildman–Crippen MR) is 61.6 cm³/mol. The molecule has 80 valence electrons. The molecule has 2 nitrogen and oxygen atoms in total. The second kappa shape index (κ2) is 5.86. The van der Waals surface area contributed by atoms with Crippen LogP contribution in [-0.4, -0.2) is 17.2 Å². The SMILES string of the molecule is CCNC(C)CCc1ccn(CC)c1. The lowest BCUT2D eigenvalue weighted by Crippen LogP contribution is -2.25. The molecule has 1 heterocycles. The van der Waals surface area contributed by atoms with E-state index in [1.165, 1.54) is 18.4 Å². The zero-order chi connectivity index (χ0) is 10.4. The first-order valence-corrected chi connectivity index (χ1v) is 5.64. The van der Waals surface area contributed by atoms with Gasteiger partial charge in [-0.2, -0.15) is 0 Å². The molecule has 0 saturated carbocycles. The second-order valence-corrected chi connectivity index (χ2v) is 3.85. The van der Waals surface area contributed by atoms with Crippen molar-refractivity contribution in [2.45, 2.75) is 46.2 Å². The van der Waals surface area contributed by atoms with Gasteiger partial charge in [0.05, 0.1) is 0 Å². The Hall–Kier alpha value is -0.760. The molecule has 1 aromatic rings. The molecule has 0 aromatic carbocycles. The van der Waals surface area contributed by atoms with Crippen LogP contribution in [0.15, 0.2) is 18.5 Å². The third kappa shape index (κ3) is 3.54. The molecule has 0 radical (unpaired) electrons. The first kappa shape index (κ1) is 11.3. The molecule has 0 fully saturated rings. The van der Waals surface area contributed by atoms with Gasteiger partial charge in [-0.1, -0.05) is 6.92 Å². The van der Waals surface area contributed by atoms with Crippen LogP contribution < -0.4 is 5.32 Å². The summed E-state index contributed by atoms with van der Waals surface area (Å²) in [7, 11) is 0. The van der Waals surface area contributed by atoms with Gasteiger partial charge in [-0.3, -0.25) is 0 Å². The van der Waals surface area contributed by atoms with Gasteiger partial charge < -0.3 is 9.88 Å². The van der Waals surface area contributed by atoms with Crippen molar-refractivity contribution in [2.75, 3.05) is 6.54 Å². The highest BCUT2D eigenvalue weighted by Crippen LogP contribution is 2.06. The highest BCUT2D eigenvalue weighted by Gasteiger charge is 2.01. The van der Waals surface area contributed by atoms with Gasteiger partial charge >= 0.3 is 0 Å². The Morgan fingerprint density at radius 1 is 1.43 bits per heavy atom. The number of rotatable bonds is 6. The summed E-state index contributed by atoms with van der Waals surface area (Å²) >= 11 is 0. The Labute approximate surface area is 87.3 Å². The van der Waals surface area contributed by atoms with Crippen molar-refractivity contribution in [2.24, 2.45) is 0 Å². The van der Waals surface area contributed by atoms with E-state index in [4.69, 9.17) is 0 Å². The molecule has 1 N–H and O–H groups in total. The van der Waals surface area contributed by atoms with Gasteiger partial charge in [-0.25, -0.2) is 0 Å². The fraction of sp³-hybridized carbons (Fsp3) is 0.667. The van der Waals surface area contributed by atoms with Gasteiger partial charge in [-0.05, 0) is 44.9 Å². The largest absolute Gasteiger partial charge is 0.354 e.